The number of hydrogen-bond acceptors (Lipinski definition) is 4. The summed E-state index contributed by atoms with van der Waals surface area (Å²) in [7, 11) is 0. The highest BCUT2D eigenvalue weighted by Gasteiger charge is 2.14. The highest BCUT2D eigenvalue weighted by atomic mass is 16.5. The predicted molar refractivity (Wildman–Crippen MR) is 67.2 cm³/mol. The molecule has 0 atom stereocenters. The molecule has 0 bridgehead atoms. The van der Waals surface area contributed by atoms with Gasteiger partial charge in [-0.05, 0) is 36.8 Å². The van der Waals surface area contributed by atoms with Crippen molar-refractivity contribution >= 4 is 5.97 Å². The van der Waals surface area contributed by atoms with Crippen LogP contribution in [0.25, 0.3) is 0 Å². The molecule has 0 aliphatic heterocycles. The Labute approximate surface area is 109 Å². The molecule has 5 nitrogen and oxygen atoms in total. The number of nitrogens with zero attached hydrogens (tertiary/aromatic N) is 2. The van der Waals surface area contributed by atoms with E-state index in [1.807, 2.05) is 13.0 Å². The van der Waals surface area contributed by atoms with Crippen LogP contribution in [-0.2, 0) is 0 Å². The first-order chi connectivity index (χ1) is 9.11. The third kappa shape index (κ3) is 2.69. The zero-order valence-electron chi connectivity index (χ0n) is 10.1. The van der Waals surface area contributed by atoms with Gasteiger partial charge in [0.2, 0.25) is 0 Å². The van der Waals surface area contributed by atoms with Crippen LogP contribution < -0.4 is 4.74 Å². The van der Waals surface area contributed by atoms with Crippen LogP contribution in [0.1, 0.15) is 21.6 Å². The maximum atomic E-state index is 11.0. The van der Waals surface area contributed by atoms with E-state index < -0.39 is 5.97 Å². The number of hydrogen-bond donors (Lipinski definition) is 1. The molecular formula is C14H10N2O3. The number of carbonyl (C=O) groups is 1. The summed E-state index contributed by atoms with van der Waals surface area (Å²) in [5.74, 6) is -0.753. The number of aromatic carboxylic acids is 1. The summed E-state index contributed by atoms with van der Waals surface area (Å²) in [5, 5.41) is 18.0. The molecule has 0 unspecified atom stereocenters. The molecule has 5 heteroatoms. The molecule has 1 aromatic carbocycles. The number of ether oxygens (including phenoxy) is 1. The lowest BCUT2D eigenvalue weighted by atomic mass is 10.1. The minimum Gasteiger partial charge on any atom is -0.476 e. The smallest absolute Gasteiger partial charge is 0.358 e. The Bertz CT molecular complexity index is 675. The second kappa shape index (κ2) is 5.19. The number of carboxylic acid groups (broad SMARTS) is 1. The summed E-state index contributed by atoms with van der Waals surface area (Å²) in [6.07, 6.45) is 1.37. The molecular weight excluding hydrogens is 244 g/mol. The average molecular weight is 254 g/mol. The molecule has 0 aliphatic rings. The maximum absolute atomic E-state index is 11.0. The fraction of sp³-hybridized carbons (Fsp3) is 0.0714. The van der Waals surface area contributed by atoms with E-state index >= 15 is 0 Å². The van der Waals surface area contributed by atoms with Crippen LogP contribution in [-0.4, -0.2) is 16.1 Å². The van der Waals surface area contributed by atoms with Gasteiger partial charge in [-0.2, -0.15) is 5.26 Å². The van der Waals surface area contributed by atoms with E-state index in [2.05, 4.69) is 4.98 Å². The van der Waals surface area contributed by atoms with Crippen LogP contribution in [0.5, 0.6) is 11.5 Å². The summed E-state index contributed by atoms with van der Waals surface area (Å²) >= 11 is 0. The average Bonchev–Trinajstić information content (AvgIpc) is 2.39. The topological polar surface area (TPSA) is 83.2 Å². The van der Waals surface area contributed by atoms with Gasteiger partial charge in [-0.1, -0.05) is 6.07 Å². The SMILES string of the molecule is Cc1ccc(C#N)c(Oc2cccnc2C(=O)O)c1. The second-order valence-electron chi connectivity index (χ2n) is 3.87. The molecule has 94 valence electrons. The molecule has 1 heterocycles. The standard InChI is InChI=1S/C14H10N2O3/c1-9-4-5-10(8-15)12(7-9)19-11-3-2-6-16-13(11)14(17)18/h2-7H,1H3,(H,17,18). The van der Waals surface area contributed by atoms with Crippen molar-refractivity contribution in [1.82, 2.24) is 4.98 Å². The molecule has 0 spiro atoms. The van der Waals surface area contributed by atoms with Crippen LogP contribution in [0.2, 0.25) is 0 Å². The minimum absolute atomic E-state index is 0.108. The van der Waals surface area contributed by atoms with Gasteiger partial charge in [0.25, 0.3) is 0 Å². The highest BCUT2D eigenvalue weighted by Crippen LogP contribution is 2.27. The van der Waals surface area contributed by atoms with E-state index in [4.69, 9.17) is 15.1 Å². The van der Waals surface area contributed by atoms with E-state index in [1.165, 1.54) is 12.3 Å². The van der Waals surface area contributed by atoms with Gasteiger partial charge in [0.1, 0.15) is 11.8 Å². The van der Waals surface area contributed by atoms with Crippen molar-refractivity contribution in [3.63, 3.8) is 0 Å². The number of carboxylic acids is 1. The summed E-state index contributed by atoms with van der Waals surface area (Å²) in [6, 6.07) is 10.2. The van der Waals surface area contributed by atoms with Gasteiger partial charge in [0.05, 0.1) is 5.56 Å². The van der Waals surface area contributed by atoms with E-state index in [9.17, 15) is 4.79 Å². The monoisotopic (exact) mass is 254 g/mol. The van der Waals surface area contributed by atoms with Gasteiger partial charge in [-0.15, -0.1) is 0 Å². The first-order valence-corrected chi connectivity index (χ1v) is 5.48. The number of benzene rings is 1. The van der Waals surface area contributed by atoms with E-state index in [0.717, 1.165) is 5.56 Å². The van der Waals surface area contributed by atoms with Gasteiger partial charge < -0.3 is 9.84 Å². The molecule has 1 N–H and O–H groups in total. The second-order valence-corrected chi connectivity index (χ2v) is 3.87. The van der Waals surface area contributed by atoms with Crippen molar-refractivity contribution < 1.29 is 14.6 Å². The molecule has 1 aromatic heterocycles. The van der Waals surface area contributed by atoms with Crippen molar-refractivity contribution in [3.8, 4) is 17.6 Å². The molecule has 2 rings (SSSR count). The molecule has 19 heavy (non-hydrogen) atoms. The maximum Gasteiger partial charge on any atom is 0.358 e. The van der Waals surface area contributed by atoms with Gasteiger partial charge in [0.15, 0.2) is 11.4 Å². The van der Waals surface area contributed by atoms with Crippen molar-refractivity contribution in [2.24, 2.45) is 0 Å². The lowest BCUT2D eigenvalue weighted by Gasteiger charge is -2.09. The van der Waals surface area contributed by atoms with E-state index in [1.54, 1.807) is 24.3 Å². The van der Waals surface area contributed by atoms with Crippen molar-refractivity contribution in [2.45, 2.75) is 6.92 Å². The number of aryl methyl sites for hydroxylation is 1. The molecule has 0 amide bonds. The molecule has 0 radical (unpaired) electrons. The van der Waals surface area contributed by atoms with Gasteiger partial charge in [-0.3, -0.25) is 0 Å². The van der Waals surface area contributed by atoms with Gasteiger partial charge in [-0.25, -0.2) is 9.78 Å². The number of rotatable bonds is 3. The Morgan fingerprint density at radius 3 is 2.84 bits per heavy atom. The summed E-state index contributed by atoms with van der Waals surface area (Å²) in [6.45, 7) is 1.86. The Morgan fingerprint density at radius 1 is 1.37 bits per heavy atom. The summed E-state index contributed by atoms with van der Waals surface area (Å²) in [5.41, 5.74) is 1.06. The van der Waals surface area contributed by atoms with Crippen LogP contribution in [0.15, 0.2) is 36.5 Å². The van der Waals surface area contributed by atoms with E-state index in [0.29, 0.717) is 11.3 Å². The summed E-state index contributed by atoms with van der Waals surface area (Å²) < 4.78 is 5.51. The third-order valence-corrected chi connectivity index (χ3v) is 2.45. The molecule has 0 saturated carbocycles. The fourth-order valence-electron chi connectivity index (χ4n) is 1.56. The number of nitriles is 1. The van der Waals surface area contributed by atoms with Crippen molar-refractivity contribution in [1.29, 1.82) is 5.26 Å². The normalized spacial score (nSPS) is 9.68. The number of aromatic nitrogens is 1. The summed E-state index contributed by atoms with van der Waals surface area (Å²) in [4.78, 5) is 14.8. The molecule has 2 aromatic rings. The van der Waals surface area contributed by atoms with Crippen LogP contribution >= 0.6 is 0 Å². The quantitative estimate of drug-likeness (QED) is 0.910. The lowest BCUT2D eigenvalue weighted by molar-refractivity contribution is 0.0687. The zero-order chi connectivity index (χ0) is 13.8. The van der Waals surface area contributed by atoms with Crippen molar-refractivity contribution in [2.75, 3.05) is 0 Å². The Morgan fingerprint density at radius 2 is 2.16 bits per heavy atom. The van der Waals surface area contributed by atoms with Gasteiger partial charge in [0, 0.05) is 6.20 Å². The van der Waals surface area contributed by atoms with Crippen molar-refractivity contribution in [3.05, 3.63) is 53.3 Å². The molecule has 0 fully saturated rings. The largest absolute Gasteiger partial charge is 0.476 e. The van der Waals surface area contributed by atoms with Gasteiger partial charge >= 0.3 is 5.97 Å². The third-order valence-electron chi connectivity index (χ3n) is 2.45. The lowest BCUT2D eigenvalue weighted by Crippen LogP contribution is -2.03. The Balaban J connectivity index is 2.45. The van der Waals surface area contributed by atoms with Crippen LogP contribution in [0.3, 0.4) is 0 Å². The first kappa shape index (κ1) is 12.6. The number of pyridine rings is 1. The molecule has 0 aliphatic carbocycles. The fourth-order valence-corrected chi connectivity index (χ4v) is 1.56. The van der Waals surface area contributed by atoms with Crippen LogP contribution in [0.4, 0.5) is 0 Å². The highest BCUT2D eigenvalue weighted by molar-refractivity contribution is 5.88. The minimum atomic E-state index is -1.18. The molecule has 0 saturated heterocycles. The Kier molecular flexibility index (Phi) is 3.44. The zero-order valence-corrected chi connectivity index (χ0v) is 10.1. The van der Waals surface area contributed by atoms with E-state index in [-0.39, 0.29) is 11.4 Å². The van der Waals surface area contributed by atoms with Crippen LogP contribution in [0, 0.1) is 18.3 Å². The Hall–Kier alpha value is -2.87. The first-order valence-electron chi connectivity index (χ1n) is 5.48. The predicted octanol–water partition coefficient (Wildman–Crippen LogP) is 2.75.